The van der Waals surface area contributed by atoms with Crippen molar-refractivity contribution in [3.63, 3.8) is 0 Å². The van der Waals surface area contributed by atoms with E-state index < -0.39 is 0 Å². The van der Waals surface area contributed by atoms with E-state index >= 15 is 0 Å². The fourth-order valence-corrected chi connectivity index (χ4v) is 3.56. The van der Waals surface area contributed by atoms with Crippen LogP contribution in [0.25, 0.3) is 10.8 Å². The van der Waals surface area contributed by atoms with Crippen LogP contribution in [0.3, 0.4) is 0 Å². The van der Waals surface area contributed by atoms with E-state index in [0.29, 0.717) is 31.1 Å². The van der Waals surface area contributed by atoms with E-state index in [9.17, 15) is 9.59 Å². The summed E-state index contributed by atoms with van der Waals surface area (Å²) in [5.41, 5.74) is -0.116. The molecule has 6 nitrogen and oxygen atoms in total. The van der Waals surface area contributed by atoms with E-state index in [4.69, 9.17) is 0 Å². The van der Waals surface area contributed by atoms with Gasteiger partial charge in [0.05, 0.1) is 24.7 Å². The highest BCUT2D eigenvalue weighted by Gasteiger charge is 2.22. The van der Waals surface area contributed by atoms with Crippen LogP contribution in [0, 0.1) is 0 Å². The summed E-state index contributed by atoms with van der Waals surface area (Å²) in [7, 11) is 0. The monoisotopic (exact) mass is 342 g/mol. The number of benzene rings is 1. The number of carbonyl (C=O) groups is 1. The minimum Gasteiger partial charge on any atom is -0.353 e. The summed E-state index contributed by atoms with van der Waals surface area (Å²) in [6.07, 6.45) is 6.38. The van der Waals surface area contributed by atoms with Crippen LogP contribution in [-0.2, 0) is 11.3 Å². The molecule has 0 saturated carbocycles. The van der Waals surface area contributed by atoms with Crippen molar-refractivity contribution in [3.8, 4) is 0 Å². The average molecular weight is 342 g/mol. The maximum atomic E-state index is 12.4. The number of carbonyl (C=O) groups excluding carboxylic acids is 1. The first kappa shape index (κ1) is 17.6. The maximum Gasteiger partial charge on any atom is 0.274 e. The predicted molar refractivity (Wildman–Crippen MR) is 98.5 cm³/mol. The van der Waals surface area contributed by atoms with Crippen LogP contribution in [0.1, 0.15) is 32.6 Å². The first-order valence-electron chi connectivity index (χ1n) is 9.14. The molecule has 1 N–H and O–H groups in total. The van der Waals surface area contributed by atoms with E-state index in [1.807, 2.05) is 18.2 Å². The number of piperidine rings is 1. The molecule has 25 heavy (non-hydrogen) atoms. The number of nitrogens with one attached hydrogen (secondary N) is 1. The highest BCUT2D eigenvalue weighted by molar-refractivity contribution is 5.80. The van der Waals surface area contributed by atoms with Gasteiger partial charge in [0.1, 0.15) is 0 Å². The molecule has 1 aromatic heterocycles. The van der Waals surface area contributed by atoms with Crippen molar-refractivity contribution < 1.29 is 4.79 Å². The van der Waals surface area contributed by atoms with Gasteiger partial charge < -0.3 is 5.32 Å². The van der Waals surface area contributed by atoms with Gasteiger partial charge in [0, 0.05) is 18.0 Å². The maximum absolute atomic E-state index is 12.4. The van der Waals surface area contributed by atoms with Crippen molar-refractivity contribution in [3.05, 3.63) is 40.8 Å². The van der Waals surface area contributed by atoms with E-state index in [1.54, 1.807) is 12.3 Å². The topological polar surface area (TPSA) is 67.2 Å². The number of aromatic nitrogens is 2. The van der Waals surface area contributed by atoms with E-state index in [2.05, 4.69) is 22.2 Å². The molecule has 6 heteroatoms. The Kier molecular flexibility index (Phi) is 5.81. The number of hydrogen-bond acceptors (Lipinski definition) is 4. The quantitative estimate of drug-likeness (QED) is 0.869. The van der Waals surface area contributed by atoms with Gasteiger partial charge in [-0.25, -0.2) is 4.68 Å². The normalized spacial score (nSPS) is 18.4. The zero-order valence-electron chi connectivity index (χ0n) is 14.8. The molecule has 1 aliphatic rings. The van der Waals surface area contributed by atoms with E-state index in [0.717, 1.165) is 18.4 Å². The Labute approximate surface area is 147 Å². The number of rotatable bonds is 6. The molecule has 1 unspecified atom stereocenters. The van der Waals surface area contributed by atoms with Crippen LogP contribution in [0.2, 0.25) is 0 Å². The summed E-state index contributed by atoms with van der Waals surface area (Å²) >= 11 is 0. The number of fused-ring (bicyclic) bond motifs is 1. The van der Waals surface area contributed by atoms with Crippen molar-refractivity contribution in [2.75, 3.05) is 19.6 Å². The van der Waals surface area contributed by atoms with E-state index in [-0.39, 0.29) is 11.5 Å². The lowest BCUT2D eigenvalue weighted by Crippen LogP contribution is -2.46. The van der Waals surface area contributed by atoms with Gasteiger partial charge in [-0.3, -0.25) is 14.5 Å². The van der Waals surface area contributed by atoms with Crippen LogP contribution in [0.15, 0.2) is 35.3 Å². The Morgan fingerprint density at radius 3 is 3.00 bits per heavy atom. The molecule has 1 atom stereocenters. The first-order chi connectivity index (χ1) is 12.2. The molecule has 1 saturated heterocycles. The summed E-state index contributed by atoms with van der Waals surface area (Å²) in [5.74, 6) is 0.0224. The molecule has 1 amide bonds. The fraction of sp³-hybridized carbons (Fsp3) is 0.526. The third-order valence-corrected chi connectivity index (χ3v) is 4.97. The lowest BCUT2D eigenvalue weighted by atomic mass is 10.0. The second-order valence-corrected chi connectivity index (χ2v) is 6.64. The molecule has 134 valence electrons. The average Bonchev–Trinajstić information content (AvgIpc) is 2.64. The second kappa shape index (κ2) is 8.25. The first-order valence-corrected chi connectivity index (χ1v) is 9.14. The molecule has 2 heterocycles. The molecule has 1 fully saturated rings. The molecular formula is C19H26N4O2. The lowest BCUT2D eigenvalue weighted by molar-refractivity contribution is -0.123. The zero-order chi connectivity index (χ0) is 17.6. The number of nitrogens with zero attached hydrogens (tertiary/aromatic N) is 3. The van der Waals surface area contributed by atoms with E-state index in [1.165, 1.54) is 23.9 Å². The van der Waals surface area contributed by atoms with Crippen molar-refractivity contribution in [2.45, 2.75) is 45.2 Å². The summed E-state index contributed by atoms with van der Waals surface area (Å²) in [6, 6.07) is 7.93. The summed E-state index contributed by atoms with van der Waals surface area (Å²) < 4.78 is 1.42. The third kappa shape index (κ3) is 4.25. The standard InChI is InChI=1S/C19H26N4O2/c1-2-16-8-5-6-11-22(16)14-18(24)20-10-12-23-19(25)17-9-4-3-7-15(17)13-21-23/h3-4,7,9,13,16H,2,5-6,8,10-12,14H2,1H3,(H,20,24). The number of hydrogen-bond donors (Lipinski definition) is 1. The van der Waals surface area contributed by atoms with Crippen LogP contribution >= 0.6 is 0 Å². The molecule has 0 spiro atoms. The fourth-order valence-electron chi connectivity index (χ4n) is 3.56. The van der Waals surface area contributed by atoms with Crippen molar-refractivity contribution in [2.24, 2.45) is 0 Å². The Hall–Kier alpha value is -2.21. The summed E-state index contributed by atoms with van der Waals surface area (Å²) in [4.78, 5) is 26.9. The van der Waals surface area contributed by atoms with Crippen LogP contribution in [0.4, 0.5) is 0 Å². The Morgan fingerprint density at radius 1 is 1.32 bits per heavy atom. The Bertz CT molecular complexity index is 786. The van der Waals surface area contributed by atoms with Gasteiger partial charge in [0.2, 0.25) is 5.91 Å². The molecule has 3 rings (SSSR count). The van der Waals surface area contributed by atoms with Crippen LogP contribution in [-0.4, -0.2) is 46.3 Å². The highest BCUT2D eigenvalue weighted by atomic mass is 16.2. The molecule has 2 aromatic rings. The van der Waals surface area contributed by atoms with Crippen molar-refractivity contribution in [1.29, 1.82) is 0 Å². The van der Waals surface area contributed by atoms with Gasteiger partial charge in [-0.2, -0.15) is 5.10 Å². The molecule has 0 radical (unpaired) electrons. The third-order valence-electron chi connectivity index (χ3n) is 4.97. The SMILES string of the molecule is CCC1CCCCN1CC(=O)NCCn1ncc2ccccc2c1=O. The summed E-state index contributed by atoms with van der Waals surface area (Å²) in [6.45, 7) is 4.41. The van der Waals surface area contributed by atoms with Gasteiger partial charge in [0.15, 0.2) is 0 Å². The predicted octanol–water partition coefficient (Wildman–Crippen LogP) is 1.78. The minimum absolute atomic E-state index is 0.0224. The zero-order valence-corrected chi connectivity index (χ0v) is 14.8. The largest absolute Gasteiger partial charge is 0.353 e. The molecular weight excluding hydrogens is 316 g/mol. The van der Waals surface area contributed by atoms with Crippen LogP contribution < -0.4 is 10.9 Å². The Balaban J connectivity index is 1.53. The highest BCUT2D eigenvalue weighted by Crippen LogP contribution is 2.18. The minimum atomic E-state index is -0.116. The van der Waals surface area contributed by atoms with Gasteiger partial charge in [-0.15, -0.1) is 0 Å². The van der Waals surface area contributed by atoms with Gasteiger partial charge in [0.25, 0.3) is 5.56 Å². The second-order valence-electron chi connectivity index (χ2n) is 6.64. The van der Waals surface area contributed by atoms with Crippen molar-refractivity contribution in [1.82, 2.24) is 20.0 Å². The number of amides is 1. The molecule has 1 aliphatic heterocycles. The molecule has 1 aromatic carbocycles. The van der Waals surface area contributed by atoms with Gasteiger partial charge >= 0.3 is 0 Å². The number of likely N-dealkylation sites (tertiary alicyclic amines) is 1. The van der Waals surface area contributed by atoms with Crippen molar-refractivity contribution >= 4 is 16.7 Å². The van der Waals surface area contributed by atoms with Crippen LogP contribution in [0.5, 0.6) is 0 Å². The molecule has 0 aliphatic carbocycles. The smallest absolute Gasteiger partial charge is 0.274 e. The van der Waals surface area contributed by atoms with Gasteiger partial charge in [-0.05, 0) is 31.9 Å². The van der Waals surface area contributed by atoms with Gasteiger partial charge in [-0.1, -0.05) is 31.5 Å². The lowest BCUT2D eigenvalue weighted by Gasteiger charge is -2.34. The summed E-state index contributed by atoms with van der Waals surface area (Å²) in [5, 5.41) is 8.60. The Morgan fingerprint density at radius 2 is 2.16 bits per heavy atom. The molecule has 0 bridgehead atoms.